The first-order chi connectivity index (χ1) is 9.09. The zero-order chi connectivity index (χ0) is 15.1. The highest BCUT2D eigenvalue weighted by molar-refractivity contribution is 5.36. The van der Waals surface area contributed by atoms with E-state index in [0.29, 0.717) is 0 Å². The predicted molar refractivity (Wildman–Crippen MR) is 80.9 cm³/mol. The van der Waals surface area contributed by atoms with E-state index in [0.717, 1.165) is 17.1 Å². The monoisotopic (exact) mass is 274 g/mol. The number of benzene rings is 1. The van der Waals surface area contributed by atoms with Gasteiger partial charge in [0, 0.05) is 16.5 Å². The molecule has 108 valence electrons. The standard InChI is InChI=1S/C17H23FN2/c1-16(2,3)14-11-15(17(4,5)6)20(19-14)13-9-7-12(18)8-10-13/h7-11H,1-6H3. The summed E-state index contributed by atoms with van der Waals surface area (Å²) in [6.07, 6.45) is 0. The summed E-state index contributed by atoms with van der Waals surface area (Å²) in [5, 5.41) is 4.74. The fourth-order valence-electron chi connectivity index (χ4n) is 2.06. The molecular weight excluding hydrogens is 251 g/mol. The van der Waals surface area contributed by atoms with Crippen LogP contribution >= 0.6 is 0 Å². The molecule has 2 nitrogen and oxygen atoms in total. The molecule has 1 aromatic carbocycles. The second kappa shape index (κ2) is 4.72. The fraction of sp³-hybridized carbons (Fsp3) is 0.471. The van der Waals surface area contributed by atoms with Crippen molar-refractivity contribution < 1.29 is 4.39 Å². The van der Waals surface area contributed by atoms with Crippen LogP contribution in [-0.4, -0.2) is 9.78 Å². The van der Waals surface area contributed by atoms with E-state index in [4.69, 9.17) is 5.10 Å². The molecule has 3 heteroatoms. The van der Waals surface area contributed by atoms with Gasteiger partial charge in [0.15, 0.2) is 0 Å². The molecule has 20 heavy (non-hydrogen) atoms. The van der Waals surface area contributed by atoms with E-state index in [-0.39, 0.29) is 16.6 Å². The predicted octanol–water partition coefficient (Wildman–Crippen LogP) is 4.61. The normalized spacial score (nSPS) is 12.8. The maximum absolute atomic E-state index is 13.1. The van der Waals surface area contributed by atoms with Crippen LogP contribution in [0.5, 0.6) is 0 Å². The van der Waals surface area contributed by atoms with Crippen molar-refractivity contribution in [2.24, 2.45) is 0 Å². The summed E-state index contributed by atoms with van der Waals surface area (Å²) in [5.41, 5.74) is 3.04. The Hall–Kier alpha value is -1.64. The van der Waals surface area contributed by atoms with Gasteiger partial charge in [0.1, 0.15) is 5.82 Å². The van der Waals surface area contributed by atoms with Gasteiger partial charge < -0.3 is 0 Å². The maximum atomic E-state index is 13.1. The lowest BCUT2D eigenvalue weighted by Gasteiger charge is -2.20. The van der Waals surface area contributed by atoms with Crippen LogP contribution in [-0.2, 0) is 10.8 Å². The number of hydrogen-bond acceptors (Lipinski definition) is 1. The van der Waals surface area contributed by atoms with Crippen LogP contribution in [0.1, 0.15) is 52.9 Å². The van der Waals surface area contributed by atoms with Gasteiger partial charge in [-0.1, -0.05) is 41.5 Å². The summed E-state index contributed by atoms with van der Waals surface area (Å²) >= 11 is 0. The average Bonchev–Trinajstić information content (AvgIpc) is 2.74. The van der Waals surface area contributed by atoms with Crippen molar-refractivity contribution in [2.75, 3.05) is 0 Å². The second-order valence-electron chi connectivity index (χ2n) is 7.30. The van der Waals surface area contributed by atoms with Gasteiger partial charge in [-0.15, -0.1) is 0 Å². The average molecular weight is 274 g/mol. The first kappa shape index (κ1) is 14.8. The van der Waals surface area contributed by atoms with Crippen molar-refractivity contribution in [3.8, 4) is 5.69 Å². The molecule has 0 saturated carbocycles. The molecule has 2 rings (SSSR count). The van der Waals surface area contributed by atoms with Crippen LogP contribution in [0.2, 0.25) is 0 Å². The van der Waals surface area contributed by atoms with Gasteiger partial charge in [0.2, 0.25) is 0 Å². The van der Waals surface area contributed by atoms with Crippen molar-refractivity contribution in [1.82, 2.24) is 9.78 Å². The van der Waals surface area contributed by atoms with Gasteiger partial charge >= 0.3 is 0 Å². The lowest BCUT2D eigenvalue weighted by atomic mass is 9.88. The lowest BCUT2D eigenvalue weighted by Crippen LogP contribution is -2.17. The Morgan fingerprint density at radius 2 is 1.45 bits per heavy atom. The van der Waals surface area contributed by atoms with Gasteiger partial charge in [-0.25, -0.2) is 9.07 Å². The minimum atomic E-state index is -0.228. The summed E-state index contributed by atoms with van der Waals surface area (Å²) < 4.78 is 15.0. The van der Waals surface area contributed by atoms with Gasteiger partial charge in [-0.3, -0.25) is 0 Å². The van der Waals surface area contributed by atoms with Crippen molar-refractivity contribution in [3.63, 3.8) is 0 Å². The third-order valence-corrected chi connectivity index (χ3v) is 3.32. The van der Waals surface area contributed by atoms with Crippen LogP contribution in [0.25, 0.3) is 5.69 Å². The van der Waals surface area contributed by atoms with Crippen molar-refractivity contribution >= 4 is 0 Å². The van der Waals surface area contributed by atoms with E-state index in [2.05, 4.69) is 47.6 Å². The lowest BCUT2D eigenvalue weighted by molar-refractivity contribution is 0.536. The summed E-state index contributed by atoms with van der Waals surface area (Å²) in [6, 6.07) is 8.64. The molecule has 0 unspecified atom stereocenters. The second-order valence-corrected chi connectivity index (χ2v) is 7.30. The van der Waals surface area contributed by atoms with Crippen molar-refractivity contribution in [2.45, 2.75) is 52.4 Å². The molecular formula is C17H23FN2. The topological polar surface area (TPSA) is 17.8 Å². The SMILES string of the molecule is CC(C)(C)c1cc(C(C)(C)C)n(-c2ccc(F)cc2)n1. The molecule has 0 bridgehead atoms. The molecule has 0 amide bonds. The van der Waals surface area contributed by atoms with Crippen LogP contribution in [0.4, 0.5) is 4.39 Å². The Kier molecular flexibility index (Phi) is 3.49. The number of hydrogen-bond donors (Lipinski definition) is 0. The third-order valence-electron chi connectivity index (χ3n) is 3.32. The van der Waals surface area contributed by atoms with Gasteiger partial charge in [-0.05, 0) is 30.3 Å². The Balaban J connectivity index is 2.62. The van der Waals surface area contributed by atoms with Crippen molar-refractivity contribution in [1.29, 1.82) is 0 Å². The van der Waals surface area contributed by atoms with Crippen LogP contribution in [0, 0.1) is 5.82 Å². The Morgan fingerprint density at radius 1 is 0.900 bits per heavy atom. The summed E-state index contributed by atoms with van der Waals surface area (Å²) in [6.45, 7) is 12.9. The molecule has 0 aliphatic heterocycles. The molecule has 0 N–H and O–H groups in total. The number of aromatic nitrogens is 2. The molecule has 0 saturated heterocycles. The third kappa shape index (κ3) is 2.92. The summed E-state index contributed by atoms with van der Waals surface area (Å²) in [4.78, 5) is 0. The van der Waals surface area contributed by atoms with Crippen molar-refractivity contribution in [3.05, 3.63) is 47.5 Å². The first-order valence-electron chi connectivity index (χ1n) is 6.96. The first-order valence-corrected chi connectivity index (χ1v) is 6.96. The fourth-order valence-corrected chi connectivity index (χ4v) is 2.06. The number of rotatable bonds is 1. The molecule has 2 aromatic rings. The summed E-state index contributed by atoms with van der Waals surface area (Å²) in [5.74, 6) is -0.228. The van der Waals surface area contributed by atoms with Gasteiger partial charge in [0.25, 0.3) is 0 Å². The van der Waals surface area contributed by atoms with Crippen LogP contribution in [0.15, 0.2) is 30.3 Å². The van der Waals surface area contributed by atoms with E-state index in [9.17, 15) is 4.39 Å². The van der Waals surface area contributed by atoms with Gasteiger partial charge in [-0.2, -0.15) is 5.10 Å². The minimum Gasteiger partial charge on any atom is -0.237 e. The van der Waals surface area contributed by atoms with E-state index in [1.165, 1.54) is 12.1 Å². The van der Waals surface area contributed by atoms with E-state index in [1.807, 2.05) is 4.68 Å². The highest BCUT2D eigenvalue weighted by atomic mass is 19.1. The molecule has 0 fully saturated rings. The Labute approximate surface area is 120 Å². The molecule has 0 atom stereocenters. The number of nitrogens with zero attached hydrogens (tertiary/aromatic N) is 2. The quantitative estimate of drug-likeness (QED) is 0.742. The molecule has 1 aromatic heterocycles. The smallest absolute Gasteiger partial charge is 0.123 e. The number of halogens is 1. The van der Waals surface area contributed by atoms with Crippen LogP contribution in [0.3, 0.4) is 0 Å². The molecule has 1 heterocycles. The Bertz CT molecular complexity index is 595. The zero-order valence-corrected chi connectivity index (χ0v) is 13.2. The van der Waals surface area contributed by atoms with E-state index in [1.54, 1.807) is 12.1 Å². The highest BCUT2D eigenvalue weighted by Gasteiger charge is 2.26. The molecule has 0 spiro atoms. The summed E-state index contributed by atoms with van der Waals surface area (Å²) in [7, 11) is 0. The minimum absolute atomic E-state index is 0.00865. The van der Waals surface area contributed by atoms with Crippen LogP contribution < -0.4 is 0 Å². The Morgan fingerprint density at radius 3 is 1.90 bits per heavy atom. The van der Waals surface area contributed by atoms with E-state index < -0.39 is 0 Å². The zero-order valence-electron chi connectivity index (χ0n) is 13.2. The molecule has 0 aliphatic rings. The maximum Gasteiger partial charge on any atom is 0.123 e. The highest BCUT2D eigenvalue weighted by Crippen LogP contribution is 2.30. The largest absolute Gasteiger partial charge is 0.237 e. The van der Waals surface area contributed by atoms with E-state index >= 15 is 0 Å². The molecule has 0 radical (unpaired) electrons. The molecule has 0 aliphatic carbocycles. The van der Waals surface area contributed by atoms with Gasteiger partial charge in [0.05, 0.1) is 11.4 Å².